The first kappa shape index (κ1) is 10.1. The minimum atomic E-state index is -0.394. The van der Waals surface area contributed by atoms with Crippen LogP contribution in [-0.2, 0) is 35.4 Å². The summed E-state index contributed by atoms with van der Waals surface area (Å²) in [6, 6.07) is 0. The standard InChI is InChI=1S/C4H6O2.Hf/c1-3-4(5)6-2;/h3H,1H2,2H3;. The van der Waals surface area contributed by atoms with Crippen LogP contribution in [0.3, 0.4) is 0 Å². The molecule has 0 aliphatic rings. The summed E-state index contributed by atoms with van der Waals surface area (Å²) in [4.78, 5) is 9.84. The van der Waals surface area contributed by atoms with E-state index in [0.717, 1.165) is 6.08 Å². The van der Waals surface area contributed by atoms with Gasteiger partial charge in [-0.3, -0.25) is 0 Å². The Morgan fingerprint density at radius 2 is 2.29 bits per heavy atom. The van der Waals surface area contributed by atoms with Crippen LogP contribution in [0.1, 0.15) is 0 Å². The van der Waals surface area contributed by atoms with E-state index in [0.29, 0.717) is 0 Å². The predicted molar refractivity (Wildman–Crippen MR) is 22.2 cm³/mol. The summed E-state index contributed by atoms with van der Waals surface area (Å²) in [6.07, 6.45) is 1.11. The van der Waals surface area contributed by atoms with Gasteiger partial charge in [0.05, 0.1) is 7.11 Å². The maximum atomic E-state index is 9.84. The summed E-state index contributed by atoms with van der Waals surface area (Å²) in [5, 5.41) is 0. The van der Waals surface area contributed by atoms with Crippen LogP contribution >= 0.6 is 0 Å². The van der Waals surface area contributed by atoms with Gasteiger partial charge < -0.3 is 4.74 Å². The summed E-state index contributed by atoms with van der Waals surface area (Å²) in [6.45, 7) is 3.16. The fraction of sp³-hybridized carbons (Fsp3) is 0.250. The van der Waals surface area contributed by atoms with E-state index in [2.05, 4.69) is 11.3 Å². The van der Waals surface area contributed by atoms with Gasteiger partial charge in [-0.25, -0.2) is 4.79 Å². The maximum Gasteiger partial charge on any atom is 0.329 e. The van der Waals surface area contributed by atoms with Crippen LogP contribution in [0.2, 0.25) is 0 Å². The third-order valence-corrected chi connectivity index (χ3v) is 0.368. The van der Waals surface area contributed by atoms with Gasteiger partial charge in [0.25, 0.3) is 0 Å². The fourth-order valence-electron chi connectivity index (χ4n) is 0.0833. The summed E-state index contributed by atoms with van der Waals surface area (Å²) in [5.74, 6) is -0.394. The number of carbonyl (C=O) groups is 1. The van der Waals surface area contributed by atoms with Gasteiger partial charge in [0.2, 0.25) is 0 Å². The first-order chi connectivity index (χ1) is 2.81. The molecule has 0 N–H and O–H groups in total. The largest absolute Gasteiger partial charge is 0.466 e. The number of esters is 1. The molecule has 0 aromatic rings. The Bertz CT molecular complexity index is 70.1. The van der Waals surface area contributed by atoms with Crippen molar-refractivity contribution in [1.29, 1.82) is 0 Å². The van der Waals surface area contributed by atoms with Crippen molar-refractivity contribution in [3.63, 3.8) is 0 Å². The van der Waals surface area contributed by atoms with Gasteiger partial charge >= 0.3 is 5.97 Å². The van der Waals surface area contributed by atoms with E-state index in [1.807, 2.05) is 0 Å². The topological polar surface area (TPSA) is 26.3 Å². The molecule has 0 rings (SSSR count). The van der Waals surface area contributed by atoms with E-state index in [9.17, 15) is 4.79 Å². The van der Waals surface area contributed by atoms with Crippen molar-refractivity contribution in [2.24, 2.45) is 0 Å². The fourth-order valence-corrected chi connectivity index (χ4v) is 0.0833. The van der Waals surface area contributed by atoms with E-state index in [4.69, 9.17) is 0 Å². The Hall–Kier alpha value is 0.0801. The molecule has 0 fully saturated rings. The molecule has 0 heterocycles. The van der Waals surface area contributed by atoms with Crippen molar-refractivity contribution in [1.82, 2.24) is 0 Å². The van der Waals surface area contributed by atoms with E-state index < -0.39 is 5.97 Å². The Morgan fingerprint density at radius 1 is 1.86 bits per heavy atom. The van der Waals surface area contributed by atoms with Gasteiger partial charge in [-0.2, -0.15) is 0 Å². The molecule has 0 unspecified atom stereocenters. The van der Waals surface area contributed by atoms with Gasteiger partial charge in [-0.1, -0.05) is 6.58 Å². The van der Waals surface area contributed by atoms with Crippen LogP contribution in [0.15, 0.2) is 12.7 Å². The van der Waals surface area contributed by atoms with Crippen molar-refractivity contribution in [3.8, 4) is 0 Å². The Labute approximate surface area is 61.3 Å². The molecule has 0 amide bonds. The van der Waals surface area contributed by atoms with Crippen molar-refractivity contribution < 1.29 is 35.4 Å². The molecule has 0 bridgehead atoms. The third kappa shape index (κ3) is 6.08. The minimum Gasteiger partial charge on any atom is -0.466 e. The molecule has 38 valence electrons. The third-order valence-electron chi connectivity index (χ3n) is 0.368. The average molecular weight is 265 g/mol. The smallest absolute Gasteiger partial charge is 0.329 e. The summed E-state index contributed by atoms with van der Waals surface area (Å²) in [7, 11) is 1.31. The second-order valence-corrected chi connectivity index (χ2v) is 0.727. The van der Waals surface area contributed by atoms with Crippen molar-refractivity contribution in [3.05, 3.63) is 12.7 Å². The number of methoxy groups -OCH3 is 1. The zero-order valence-corrected chi connectivity index (χ0v) is 7.69. The molecule has 0 radical (unpaired) electrons. The van der Waals surface area contributed by atoms with Gasteiger partial charge in [-0.05, 0) is 0 Å². The molecule has 0 atom stereocenters. The van der Waals surface area contributed by atoms with Gasteiger partial charge in [0.15, 0.2) is 0 Å². The molecule has 0 aromatic carbocycles. The Kier molecular flexibility index (Phi) is 8.81. The van der Waals surface area contributed by atoms with Gasteiger partial charge in [-0.15, -0.1) is 0 Å². The minimum absolute atomic E-state index is 0. The Morgan fingerprint density at radius 3 is 2.29 bits per heavy atom. The molecule has 0 spiro atoms. The second kappa shape index (κ2) is 6.08. The molecule has 0 aliphatic carbocycles. The molecule has 3 heteroatoms. The first-order valence-electron chi connectivity index (χ1n) is 1.51. The SMILES string of the molecule is C=CC(=O)OC.[Hf]. The van der Waals surface area contributed by atoms with E-state index in [1.54, 1.807) is 0 Å². The van der Waals surface area contributed by atoms with E-state index in [1.165, 1.54) is 7.11 Å². The Balaban J connectivity index is 0. The predicted octanol–water partition coefficient (Wildman–Crippen LogP) is 0.343. The number of ether oxygens (including phenoxy) is 1. The van der Waals surface area contributed by atoms with E-state index >= 15 is 0 Å². The molecule has 0 aromatic heterocycles. The van der Waals surface area contributed by atoms with Crippen molar-refractivity contribution in [2.45, 2.75) is 0 Å². The number of hydrogen-bond acceptors (Lipinski definition) is 2. The van der Waals surface area contributed by atoms with Crippen LogP contribution < -0.4 is 0 Å². The van der Waals surface area contributed by atoms with Gasteiger partial charge in [0, 0.05) is 31.9 Å². The second-order valence-electron chi connectivity index (χ2n) is 0.727. The summed E-state index contributed by atoms with van der Waals surface area (Å²) in [5.41, 5.74) is 0. The zero-order chi connectivity index (χ0) is 4.99. The molecule has 2 nitrogen and oxygen atoms in total. The van der Waals surface area contributed by atoms with Crippen molar-refractivity contribution >= 4 is 5.97 Å². The number of hydrogen-bond donors (Lipinski definition) is 0. The van der Waals surface area contributed by atoms with Crippen molar-refractivity contribution in [2.75, 3.05) is 7.11 Å². The molecule has 7 heavy (non-hydrogen) atoms. The van der Waals surface area contributed by atoms with Crippen LogP contribution in [0.4, 0.5) is 0 Å². The first-order valence-corrected chi connectivity index (χ1v) is 1.51. The molecular weight excluding hydrogens is 259 g/mol. The molecular formula is C4H6HfO2. The molecule has 0 aliphatic heterocycles. The zero-order valence-electron chi connectivity index (χ0n) is 4.10. The maximum absolute atomic E-state index is 9.84. The normalized spacial score (nSPS) is 5.86. The quantitative estimate of drug-likeness (QED) is 0.388. The summed E-state index contributed by atoms with van der Waals surface area (Å²) < 4.78 is 4.14. The van der Waals surface area contributed by atoms with Crippen LogP contribution in [0, 0.1) is 0 Å². The number of carbonyl (C=O) groups excluding carboxylic acids is 1. The number of rotatable bonds is 1. The van der Waals surface area contributed by atoms with E-state index in [-0.39, 0.29) is 25.8 Å². The van der Waals surface area contributed by atoms with Gasteiger partial charge in [0.1, 0.15) is 0 Å². The molecule has 0 saturated carbocycles. The monoisotopic (exact) mass is 266 g/mol. The summed E-state index contributed by atoms with van der Waals surface area (Å²) >= 11 is 0. The average Bonchev–Trinajstić information content (AvgIpc) is 1.65. The van der Waals surface area contributed by atoms with Crippen LogP contribution in [0.25, 0.3) is 0 Å². The molecule has 0 saturated heterocycles. The van der Waals surface area contributed by atoms with Crippen LogP contribution in [0.5, 0.6) is 0 Å². The van der Waals surface area contributed by atoms with Crippen LogP contribution in [-0.4, -0.2) is 13.1 Å².